The summed E-state index contributed by atoms with van der Waals surface area (Å²) >= 11 is 1.80. The number of nitrogens with zero attached hydrogens (tertiary/aromatic N) is 1. The maximum atomic E-state index is 4.76. The lowest BCUT2D eigenvalue weighted by molar-refractivity contribution is 0.386. The van der Waals surface area contributed by atoms with Gasteiger partial charge < -0.3 is 5.32 Å². The summed E-state index contributed by atoms with van der Waals surface area (Å²) in [7, 11) is 2.05. The van der Waals surface area contributed by atoms with Crippen LogP contribution in [0.25, 0.3) is 0 Å². The molecule has 0 spiro atoms. The van der Waals surface area contributed by atoms with Gasteiger partial charge in [-0.2, -0.15) is 0 Å². The highest BCUT2D eigenvalue weighted by molar-refractivity contribution is 7.09. The molecule has 2 unspecified atom stereocenters. The smallest absolute Gasteiger partial charge is 0.0931 e. The Labute approximate surface area is 110 Å². The van der Waals surface area contributed by atoms with E-state index >= 15 is 0 Å². The van der Waals surface area contributed by atoms with E-state index in [1.165, 1.54) is 17.1 Å². The molecule has 17 heavy (non-hydrogen) atoms. The summed E-state index contributed by atoms with van der Waals surface area (Å²) < 4.78 is 0. The van der Waals surface area contributed by atoms with Gasteiger partial charge in [-0.05, 0) is 19.4 Å². The molecule has 0 aliphatic rings. The third-order valence-corrected chi connectivity index (χ3v) is 4.19. The molecular weight excluding hydrogens is 228 g/mol. The van der Waals surface area contributed by atoms with Gasteiger partial charge in [0, 0.05) is 23.3 Å². The minimum atomic E-state index is 0.172. The summed E-state index contributed by atoms with van der Waals surface area (Å²) in [6.45, 7) is 11.2. The van der Waals surface area contributed by atoms with E-state index < -0.39 is 0 Å². The average Bonchev–Trinajstić information content (AvgIpc) is 2.67. The highest BCUT2D eigenvalue weighted by Gasteiger charge is 2.20. The molecule has 3 heteroatoms. The van der Waals surface area contributed by atoms with Crippen LogP contribution in [0.15, 0.2) is 5.38 Å². The van der Waals surface area contributed by atoms with Crippen LogP contribution in [0.2, 0.25) is 0 Å². The maximum Gasteiger partial charge on any atom is 0.0931 e. The van der Waals surface area contributed by atoms with Crippen molar-refractivity contribution in [1.82, 2.24) is 10.3 Å². The van der Waals surface area contributed by atoms with E-state index in [1.54, 1.807) is 11.3 Å². The van der Waals surface area contributed by atoms with Crippen LogP contribution in [0, 0.1) is 5.92 Å². The van der Waals surface area contributed by atoms with Gasteiger partial charge in [-0.25, -0.2) is 4.98 Å². The van der Waals surface area contributed by atoms with Crippen LogP contribution in [0.5, 0.6) is 0 Å². The van der Waals surface area contributed by atoms with Crippen molar-refractivity contribution in [1.29, 1.82) is 0 Å². The molecule has 0 aliphatic heterocycles. The van der Waals surface area contributed by atoms with E-state index in [0.29, 0.717) is 12.0 Å². The van der Waals surface area contributed by atoms with E-state index in [4.69, 9.17) is 4.98 Å². The lowest BCUT2D eigenvalue weighted by Crippen LogP contribution is -2.32. The van der Waals surface area contributed by atoms with Crippen molar-refractivity contribution in [3.05, 3.63) is 16.1 Å². The van der Waals surface area contributed by atoms with Crippen LogP contribution < -0.4 is 5.32 Å². The van der Waals surface area contributed by atoms with Gasteiger partial charge in [0.15, 0.2) is 0 Å². The lowest BCUT2D eigenvalue weighted by atomic mass is 9.93. The SMILES string of the molecule is CCC(NC)C(C)Cc1nc(C(C)(C)C)cs1. The quantitative estimate of drug-likeness (QED) is 0.868. The first-order valence-corrected chi connectivity index (χ1v) is 7.38. The van der Waals surface area contributed by atoms with Crippen LogP contribution in [0.1, 0.15) is 51.7 Å². The Morgan fingerprint density at radius 3 is 2.47 bits per heavy atom. The van der Waals surface area contributed by atoms with Crippen molar-refractivity contribution in [2.45, 2.75) is 58.9 Å². The molecule has 1 heterocycles. The Kier molecular flexibility index (Phi) is 5.14. The first kappa shape index (κ1) is 14.7. The predicted octanol–water partition coefficient (Wildman–Crippen LogP) is 3.62. The summed E-state index contributed by atoms with van der Waals surface area (Å²) in [5.41, 5.74) is 1.40. The van der Waals surface area contributed by atoms with E-state index in [0.717, 1.165) is 6.42 Å². The topological polar surface area (TPSA) is 24.9 Å². The first-order chi connectivity index (χ1) is 7.88. The molecule has 1 N–H and O–H groups in total. The van der Waals surface area contributed by atoms with Crippen LogP contribution in [-0.4, -0.2) is 18.1 Å². The van der Waals surface area contributed by atoms with Crippen molar-refractivity contribution in [3.63, 3.8) is 0 Å². The lowest BCUT2D eigenvalue weighted by Gasteiger charge is -2.21. The number of aromatic nitrogens is 1. The van der Waals surface area contributed by atoms with Gasteiger partial charge in [0.1, 0.15) is 0 Å². The molecule has 0 aliphatic carbocycles. The molecule has 0 fully saturated rings. The molecule has 98 valence electrons. The zero-order valence-electron chi connectivity index (χ0n) is 12.0. The van der Waals surface area contributed by atoms with Gasteiger partial charge in [-0.1, -0.05) is 34.6 Å². The molecule has 2 atom stereocenters. The van der Waals surface area contributed by atoms with E-state index in [1.807, 2.05) is 7.05 Å². The molecule has 0 aromatic carbocycles. The van der Waals surface area contributed by atoms with Crippen LogP contribution in [0.4, 0.5) is 0 Å². The van der Waals surface area contributed by atoms with Crippen molar-refractivity contribution in [3.8, 4) is 0 Å². The Morgan fingerprint density at radius 2 is 2.06 bits per heavy atom. The molecule has 0 bridgehead atoms. The Balaban J connectivity index is 2.66. The number of nitrogens with one attached hydrogen (secondary N) is 1. The van der Waals surface area contributed by atoms with Crippen LogP contribution in [-0.2, 0) is 11.8 Å². The Hall–Kier alpha value is -0.410. The average molecular weight is 254 g/mol. The number of rotatable bonds is 5. The largest absolute Gasteiger partial charge is 0.317 e. The minimum Gasteiger partial charge on any atom is -0.317 e. The number of hydrogen-bond donors (Lipinski definition) is 1. The van der Waals surface area contributed by atoms with Crippen molar-refractivity contribution in [2.75, 3.05) is 7.05 Å². The fourth-order valence-electron chi connectivity index (χ4n) is 2.06. The van der Waals surface area contributed by atoms with E-state index in [2.05, 4.69) is 45.3 Å². The second kappa shape index (κ2) is 5.96. The van der Waals surface area contributed by atoms with Crippen LogP contribution in [0.3, 0.4) is 0 Å². The standard InChI is InChI=1S/C14H26N2S/c1-7-11(15-6)10(2)8-13-16-12(9-17-13)14(3,4)5/h9-11,15H,7-8H2,1-6H3. The van der Waals surface area contributed by atoms with Gasteiger partial charge in [-0.3, -0.25) is 0 Å². The van der Waals surface area contributed by atoms with Crippen molar-refractivity contribution < 1.29 is 0 Å². The second-order valence-corrected chi connectivity index (χ2v) is 6.80. The number of thiazole rings is 1. The van der Waals surface area contributed by atoms with Crippen molar-refractivity contribution >= 4 is 11.3 Å². The van der Waals surface area contributed by atoms with Crippen molar-refractivity contribution in [2.24, 2.45) is 5.92 Å². The number of hydrogen-bond acceptors (Lipinski definition) is 3. The molecule has 0 saturated heterocycles. The van der Waals surface area contributed by atoms with Gasteiger partial charge in [0.05, 0.1) is 10.7 Å². The minimum absolute atomic E-state index is 0.172. The highest BCUT2D eigenvalue weighted by Crippen LogP contribution is 2.25. The summed E-state index contributed by atoms with van der Waals surface area (Å²) in [4.78, 5) is 4.76. The molecule has 1 aromatic heterocycles. The molecule has 1 aromatic rings. The Bertz CT molecular complexity index is 334. The van der Waals surface area contributed by atoms with Crippen LogP contribution >= 0.6 is 11.3 Å². The summed E-state index contributed by atoms with van der Waals surface area (Å²) in [6.07, 6.45) is 2.26. The summed E-state index contributed by atoms with van der Waals surface area (Å²) in [5, 5.41) is 6.87. The predicted molar refractivity (Wildman–Crippen MR) is 76.8 cm³/mol. The third-order valence-electron chi connectivity index (χ3n) is 3.31. The fourth-order valence-corrected chi connectivity index (χ4v) is 3.22. The van der Waals surface area contributed by atoms with Gasteiger partial charge in [0.25, 0.3) is 0 Å². The highest BCUT2D eigenvalue weighted by atomic mass is 32.1. The molecule has 2 nitrogen and oxygen atoms in total. The third kappa shape index (κ3) is 4.07. The zero-order valence-corrected chi connectivity index (χ0v) is 12.8. The molecule has 1 rings (SSSR count). The zero-order chi connectivity index (χ0) is 13.1. The van der Waals surface area contributed by atoms with E-state index in [9.17, 15) is 0 Å². The van der Waals surface area contributed by atoms with Gasteiger partial charge >= 0.3 is 0 Å². The van der Waals surface area contributed by atoms with E-state index in [-0.39, 0.29) is 5.41 Å². The summed E-state index contributed by atoms with van der Waals surface area (Å²) in [6, 6.07) is 0.594. The second-order valence-electron chi connectivity index (χ2n) is 5.86. The first-order valence-electron chi connectivity index (χ1n) is 6.50. The van der Waals surface area contributed by atoms with Gasteiger partial charge in [-0.15, -0.1) is 11.3 Å². The monoisotopic (exact) mass is 254 g/mol. The molecule has 0 radical (unpaired) electrons. The van der Waals surface area contributed by atoms with Gasteiger partial charge in [0.2, 0.25) is 0 Å². The molecule has 0 saturated carbocycles. The Morgan fingerprint density at radius 1 is 1.41 bits per heavy atom. The molecule has 0 amide bonds. The summed E-state index contributed by atoms with van der Waals surface area (Å²) in [5.74, 6) is 0.643. The fraction of sp³-hybridized carbons (Fsp3) is 0.786. The normalized spacial score (nSPS) is 15.9. The molecular formula is C14H26N2S. The maximum absolute atomic E-state index is 4.76.